The lowest BCUT2D eigenvalue weighted by Gasteiger charge is -2.21. The minimum atomic E-state index is -4.33. The van der Waals surface area contributed by atoms with Gasteiger partial charge < -0.3 is 10.6 Å². The Kier molecular flexibility index (Phi) is 3.28. The first-order valence-electron chi connectivity index (χ1n) is 4.88. The van der Waals surface area contributed by atoms with E-state index >= 15 is 0 Å². The third-order valence-electron chi connectivity index (χ3n) is 2.34. The molecule has 0 atom stereocenters. The highest BCUT2D eigenvalue weighted by atomic mass is 19.4. The average Bonchev–Trinajstić information content (AvgIpc) is 2.80. The molecule has 0 radical (unpaired) electrons. The van der Waals surface area contributed by atoms with Crippen LogP contribution in [0.1, 0.15) is 26.7 Å². The standard InChI is InChI=1S/C9H15F3N2O/c1-6(2)13-5-7(15)14-8(3-4-8)9(10,11)12/h6,13H,3-5H2,1-2H3,(H,14,15). The number of halogens is 3. The van der Waals surface area contributed by atoms with Crippen LogP contribution in [0.25, 0.3) is 0 Å². The molecular formula is C9H15F3N2O. The fraction of sp³-hybridized carbons (Fsp3) is 0.889. The van der Waals surface area contributed by atoms with Gasteiger partial charge in [0, 0.05) is 6.04 Å². The van der Waals surface area contributed by atoms with Crippen molar-refractivity contribution < 1.29 is 18.0 Å². The Bertz CT molecular complexity index is 246. The first kappa shape index (κ1) is 12.3. The van der Waals surface area contributed by atoms with E-state index in [1.807, 2.05) is 19.2 Å². The molecule has 0 heterocycles. The van der Waals surface area contributed by atoms with Gasteiger partial charge in [-0.05, 0) is 12.8 Å². The van der Waals surface area contributed by atoms with Crippen LogP contribution in [0.4, 0.5) is 13.2 Å². The van der Waals surface area contributed by atoms with Crippen molar-refractivity contribution in [1.29, 1.82) is 0 Å². The summed E-state index contributed by atoms with van der Waals surface area (Å²) in [4.78, 5) is 11.2. The van der Waals surface area contributed by atoms with Crippen LogP contribution in [-0.4, -0.2) is 30.2 Å². The van der Waals surface area contributed by atoms with Crippen LogP contribution in [0.15, 0.2) is 0 Å². The predicted octanol–water partition coefficient (Wildman–Crippen LogP) is 1.20. The average molecular weight is 224 g/mol. The monoisotopic (exact) mass is 224 g/mol. The molecule has 0 aromatic carbocycles. The highest BCUT2D eigenvalue weighted by Crippen LogP contribution is 2.48. The number of rotatable bonds is 4. The molecule has 0 spiro atoms. The minimum Gasteiger partial charge on any atom is -0.341 e. The van der Waals surface area contributed by atoms with Crippen molar-refractivity contribution in [2.45, 2.75) is 44.4 Å². The first-order valence-corrected chi connectivity index (χ1v) is 4.88. The number of carbonyl (C=O) groups excluding carboxylic acids is 1. The Balaban J connectivity index is 2.39. The Morgan fingerprint density at radius 2 is 1.93 bits per heavy atom. The van der Waals surface area contributed by atoms with Gasteiger partial charge in [-0.1, -0.05) is 13.8 Å². The van der Waals surface area contributed by atoms with E-state index < -0.39 is 17.6 Å². The molecule has 3 nitrogen and oxygen atoms in total. The largest absolute Gasteiger partial charge is 0.411 e. The molecule has 1 rings (SSSR count). The minimum absolute atomic E-state index is 0.0100. The molecule has 0 aromatic heterocycles. The zero-order valence-electron chi connectivity index (χ0n) is 8.74. The molecule has 1 saturated carbocycles. The number of hydrogen-bond donors (Lipinski definition) is 2. The molecule has 0 aliphatic heterocycles. The van der Waals surface area contributed by atoms with E-state index in [1.54, 1.807) is 0 Å². The molecule has 1 fully saturated rings. The summed E-state index contributed by atoms with van der Waals surface area (Å²) in [5, 5.41) is 4.80. The van der Waals surface area contributed by atoms with Gasteiger partial charge in [-0.3, -0.25) is 4.79 Å². The number of amides is 1. The smallest absolute Gasteiger partial charge is 0.341 e. The number of nitrogens with one attached hydrogen (secondary N) is 2. The van der Waals surface area contributed by atoms with E-state index in [0.717, 1.165) is 0 Å². The zero-order chi connectivity index (χ0) is 11.7. The fourth-order valence-corrected chi connectivity index (χ4v) is 1.21. The van der Waals surface area contributed by atoms with E-state index in [1.165, 1.54) is 0 Å². The van der Waals surface area contributed by atoms with Crippen LogP contribution in [0, 0.1) is 0 Å². The Hall–Kier alpha value is -0.780. The lowest BCUT2D eigenvalue weighted by atomic mass is 10.2. The van der Waals surface area contributed by atoms with E-state index in [9.17, 15) is 18.0 Å². The second-order valence-electron chi connectivity index (χ2n) is 4.16. The van der Waals surface area contributed by atoms with E-state index in [2.05, 4.69) is 5.32 Å². The van der Waals surface area contributed by atoms with E-state index in [4.69, 9.17) is 0 Å². The Morgan fingerprint density at radius 3 is 2.27 bits per heavy atom. The van der Waals surface area contributed by atoms with Gasteiger partial charge in [-0.25, -0.2) is 0 Å². The molecule has 0 aromatic rings. The number of alkyl halides is 3. The molecule has 0 saturated heterocycles. The van der Waals surface area contributed by atoms with Crippen LogP contribution in [0.3, 0.4) is 0 Å². The molecule has 0 bridgehead atoms. The molecule has 6 heteroatoms. The maximum absolute atomic E-state index is 12.4. The Labute approximate surface area is 86.4 Å². The second kappa shape index (κ2) is 4.00. The maximum atomic E-state index is 12.4. The zero-order valence-corrected chi connectivity index (χ0v) is 8.74. The highest BCUT2D eigenvalue weighted by Gasteiger charge is 2.64. The summed E-state index contributed by atoms with van der Waals surface area (Å²) in [5.74, 6) is -0.599. The summed E-state index contributed by atoms with van der Waals surface area (Å²) in [5.41, 5.74) is -1.94. The molecule has 88 valence electrons. The van der Waals surface area contributed by atoms with Gasteiger partial charge in [0.05, 0.1) is 6.54 Å². The highest BCUT2D eigenvalue weighted by molar-refractivity contribution is 5.79. The van der Waals surface area contributed by atoms with Crippen molar-refractivity contribution >= 4 is 5.91 Å². The number of hydrogen-bond acceptors (Lipinski definition) is 2. The van der Waals surface area contributed by atoms with Gasteiger partial charge in [0.2, 0.25) is 5.91 Å². The van der Waals surface area contributed by atoms with E-state index in [-0.39, 0.29) is 25.4 Å². The second-order valence-corrected chi connectivity index (χ2v) is 4.16. The van der Waals surface area contributed by atoms with Crippen LogP contribution in [0.2, 0.25) is 0 Å². The molecule has 1 aliphatic carbocycles. The van der Waals surface area contributed by atoms with Gasteiger partial charge in [-0.2, -0.15) is 13.2 Å². The summed E-state index contributed by atoms with van der Waals surface area (Å²) in [6.07, 6.45) is -4.35. The fourth-order valence-electron chi connectivity index (χ4n) is 1.21. The summed E-state index contributed by atoms with van der Waals surface area (Å²) in [6.45, 7) is 3.57. The van der Waals surface area contributed by atoms with Gasteiger partial charge >= 0.3 is 6.18 Å². The van der Waals surface area contributed by atoms with Crippen LogP contribution < -0.4 is 10.6 Å². The molecule has 2 N–H and O–H groups in total. The summed E-state index contributed by atoms with van der Waals surface area (Å²) in [7, 11) is 0. The van der Waals surface area contributed by atoms with Crippen molar-refractivity contribution in [2.24, 2.45) is 0 Å². The van der Waals surface area contributed by atoms with Crippen molar-refractivity contribution in [3.8, 4) is 0 Å². The van der Waals surface area contributed by atoms with E-state index in [0.29, 0.717) is 0 Å². The SMILES string of the molecule is CC(C)NCC(=O)NC1(C(F)(F)F)CC1. The topological polar surface area (TPSA) is 41.1 Å². The van der Waals surface area contributed by atoms with Crippen LogP contribution in [0.5, 0.6) is 0 Å². The first-order chi connectivity index (χ1) is 6.77. The molecule has 0 unspecified atom stereocenters. The van der Waals surface area contributed by atoms with Crippen LogP contribution >= 0.6 is 0 Å². The summed E-state index contributed by atoms with van der Waals surface area (Å²) in [6, 6.07) is 0.0804. The van der Waals surface area contributed by atoms with Crippen molar-refractivity contribution in [3.05, 3.63) is 0 Å². The van der Waals surface area contributed by atoms with Gasteiger partial charge in [0.1, 0.15) is 5.54 Å². The third kappa shape index (κ3) is 3.09. The normalized spacial score (nSPS) is 19.1. The van der Waals surface area contributed by atoms with Gasteiger partial charge in [0.15, 0.2) is 0 Å². The summed E-state index contributed by atoms with van der Waals surface area (Å²) >= 11 is 0. The van der Waals surface area contributed by atoms with Gasteiger partial charge in [0.25, 0.3) is 0 Å². The lowest BCUT2D eigenvalue weighted by Crippen LogP contribution is -2.50. The van der Waals surface area contributed by atoms with Crippen molar-refractivity contribution in [1.82, 2.24) is 10.6 Å². The maximum Gasteiger partial charge on any atom is 0.411 e. The van der Waals surface area contributed by atoms with Crippen molar-refractivity contribution in [3.63, 3.8) is 0 Å². The molecule has 1 aliphatic rings. The third-order valence-corrected chi connectivity index (χ3v) is 2.34. The van der Waals surface area contributed by atoms with Crippen molar-refractivity contribution in [2.75, 3.05) is 6.54 Å². The number of carbonyl (C=O) groups is 1. The summed E-state index contributed by atoms with van der Waals surface area (Å²) < 4.78 is 37.3. The molecule has 15 heavy (non-hydrogen) atoms. The predicted molar refractivity (Wildman–Crippen MR) is 49.3 cm³/mol. The van der Waals surface area contributed by atoms with Gasteiger partial charge in [-0.15, -0.1) is 0 Å². The molecular weight excluding hydrogens is 209 g/mol. The Morgan fingerprint density at radius 1 is 1.40 bits per heavy atom. The lowest BCUT2D eigenvalue weighted by molar-refractivity contribution is -0.170. The molecule has 1 amide bonds. The quantitative estimate of drug-likeness (QED) is 0.753. The van der Waals surface area contributed by atoms with Crippen LogP contribution in [-0.2, 0) is 4.79 Å².